The standard InChI is InChI=1S/C25H30N2O5/c1-3-22(24(29)30)27(2)23(28)14-8-9-15-26-25(31)32-16-21-19-12-6-4-10-17(19)18-11-5-7-13-20(18)21/h4-7,10-13,21-22H,3,8-9,14-16H2,1-2H3,(H,26,31)(H,29,30). The number of amides is 2. The molecule has 7 nitrogen and oxygen atoms in total. The number of benzene rings is 2. The topological polar surface area (TPSA) is 95.9 Å². The van der Waals surface area contributed by atoms with Crippen LogP contribution in [0.4, 0.5) is 4.79 Å². The summed E-state index contributed by atoms with van der Waals surface area (Å²) in [5.41, 5.74) is 4.69. The summed E-state index contributed by atoms with van der Waals surface area (Å²) in [6, 6.07) is 15.5. The highest BCUT2D eigenvalue weighted by Gasteiger charge is 2.29. The normalized spacial score (nSPS) is 13.1. The molecule has 170 valence electrons. The molecule has 0 aliphatic heterocycles. The van der Waals surface area contributed by atoms with E-state index in [1.54, 1.807) is 6.92 Å². The van der Waals surface area contributed by atoms with Crippen molar-refractivity contribution in [3.63, 3.8) is 0 Å². The van der Waals surface area contributed by atoms with Gasteiger partial charge in [-0.25, -0.2) is 9.59 Å². The molecule has 3 rings (SSSR count). The molecule has 0 bridgehead atoms. The summed E-state index contributed by atoms with van der Waals surface area (Å²) in [6.07, 6.45) is 1.29. The van der Waals surface area contributed by atoms with Crippen molar-refractivity contribution in [2.75, 3.05) is 20.2 Å². The number of likely N-dealkylation sites (N-methyl/N-ethyl adjacent to an activating group) is 1. The predicted molar refractivity (Wildman–Crippen MR) is 121 cm³/mol. The molecule has 0 aromatic heterocycles. The second-order valence-corrected chi connectivity index (χ2v) is 7.98. The minimum Gasteiger partial charge on any atom is -0.480 e. The van der Waals surface area contributed by atoms with Crippen LogP contribution < -0.4 is 5.32 Å². The maximum absolute atomic E-state index is 12.2. The molecule has 0 spiro atoms. The van der Waals surface area contributed by atoms with Gasteiger partial charge in [-0.05, 0) is 41.5 Å². The van der Waals surface area contributed by atoms with Crippen molar-refractivity contribution in [2.45, 2.75) is 44.6 Å². The fourth-order valence-electron chi connectivity index (χ4n) is 4.21. The van der Waals surface area contributed by atoms with E-state index < -0.39 is 18.1 Å². The van der Waals surface area contributed by atoms with E-state index in [1.807, 2.05) is 24.3 Å². The molecule has 2 amide bonds. The van der Waals surface area contributed by atoms with Crippen LogP contribution in [0.15, 0.2) is 48.5 Å². The van der Waals surface area contributed by atoms with Crippen molar-refractivity contribution >= 4 is 18.0 Å². The number of carbonyl (C=O) groups is 3. The molecular weight excluding hydrogens is 408 g/mol. The minimum absolute atomic E-state index is 0.0158. The third-order valence-corrected chi connectivity index (χ3v) is 5.96. The largest absolute Gasteiger partial charge is 0.480 e. The molecule has 0 saturated heterocycles. The molecular formula is C25H30N2O5. The molecule has 1 aliphatic rings. The van der Waals surface area contributed by atoms with E-state index in [1.165, 1.54) is 23.1 Å². The van der Waals surface area contributed by atoms with E-state index in [-0.39, 0.29) is 24.9 Å². The number of nitrogens with zero attached hydrogens (tertiary/aromatic N) is 1. The molecule has 0 fully saturated rings. The van der Waals surface area contributed by atoms with Crippen molar-refractivity contribution in [2.24, 2.45) is 0 Å². The van der Waals surface area contributed by atoms with Crippen LogP contribution in [0.25, 0.3) is 11.1 Å². The van der Waals surface area contributed by atoms with Gasteiger partial charge < -0.3 is 20.1 Å². The average molecular weight is 439 g/mol. The summed E-state index contributed by atoms with van der Waals surface area (Å²) in [6.45, 7) is 2.39. The number of rotatable bonds is 10. The number of carboxylic acids is 1. The smallest absolute Gasteiger partial charge is 0.407 e. The number of carboxylic acid groups (broad SMARTS) is 1. The van der Waals surface area contributed by atoms with Crippen molar-refractivity contribution < 1.29 is 24.2 Å². The first-order valence-corrected chi connectivity index (χ1v) is 11.0. The third-order valence-electron chi connectivity index (χ3n) is 5.96. The van der Waals surface area contributed by atoms with Gasteiger partial charge in [-0.2, -0.15) is 0 Å². The Morgan fingerprint density at radius 1 is 1.03 bits per heavy atom. The van der Waals surface area contributed by atoms with Gasteiger partial charge >= 0.3 is 12.1 Å². The molecule has 0 saturated carbocycles. The van der Waals surface area contributed by atoms with E-state index in [0.29, 0.717) is 25.8 Å². The van der Waals surface area contributed by atoms with Gasteiger partial charge in [-0.3, -0.25) is 4.79 Å². The highest BCUT2D eigenvalue weighted by Crippen LogP contribution is 2.44. The van der Waals surface area contributed by atoms with E-state index >= 15 is 0 Å². The molecule has 32 heavy (non-hydrogen) atoms. The van der Waals surface area contributed by atoms with Crippen LogP contribution in [-0.2, 0) is 14.3 Å². The Kier molecular flexibility index (Phi) is 7.87. The monoisotopic (exact) mass is 438 g/mol. The van der Waals surface area contributed by atoms with Crippen LogP contribution in [0.5, 0.6) is 0 Å². The first-order valence-electron chi connectivity index (χ1n) is 11.0. The van der Waals surface area contributed by atoms with Crippen LogP contribution in [-0.4, -0.2) is 54.2 Å². The van der Waals surface area contributed by atoms with Gasteiger partial charge in [0.1, 0.15) is 12.6 Å². The fourth-order valence-corrected chi connectivity index (χ4v) is 4.21. The summed E-state index contributed by atoms with van der Waals surface area (Å²) in [5.74, 6) is -1.19. The Hall–Kier alpha value is -3.35. The molecule has 2 aromatic rings. The average Bonchev–Trinajstić information content (AvgIpc) is 3.11. The van der Waals surface area contributed by atoms with Gasteiger partial charge in [0.05, 0.1) is 0 Å². The third kappa shape index (κ3) is 5.28. The van der Waals surface area contributed by atoms with E-state index in [9.17, 15) is 14.4 Å². The van der Waals surface area contributed by atoms with Gasteiger partial charge in [-0.15, -0.1) is 0 Å². The zero-order valence-corrected chi connectivity index (χ0v) is 18.5. The molecule has 0 radical (unpaired) electrons. The minimum atomic E-state index is -1.000. The van der Waals surface area contributed by atoms with Crippen molar-refractivity contribution in [1.82, 2.24) is 10.2 Å². The quantitative estimate of drug-likeness (QED) is 0.546. The molecule has 1 aliphatic carbocycles. The summed E-state index contributed by atoms with van der Waals surface area (Å²) in [4.78, 5) is 36.7. The highest BCUT2D eigenvalue weighted by molar-refractivity contribution is 5.83. The Morgan fingerprint density at radius 2 is 1.62 bits per heavy atom. The highest BCUT2D eigenvalue weighted by atomic mass is 16.5. The van der Waals surface area contributed by atoms with Crippen LogP contribution in [0.1, 0.15) is 49.7 Å². The van der Waals surface area contributed by atoms with Gasteiger partial charge in [-0.1, -0.05) is 55.5 Å². The van der Waals surface area contributed by atoms with Crippen molar-refractivity contribution in [1.29, 1.82) is 0 Å². The number of alkyl carbamates (subject to hydrolysis) is 1. The van der Waals surface area contributed by atoms with E-state index in [0.717, 1.165) is 11.1 Å². The molecule has 0 heterocycles. The number of hydrogen-bond donors (Lipinski definition) is 2. The molecule has 2 N–H and O–H groups in total. The van der Waals surface area contributed by atoms with Gasteiger partial charge in [0.2, 0.25) is 5.91 Å². The summed E-state index contributed by atoms with van der Waals surface area (Å²) < 4.78 is 5.49. The second kappa shape index (κ2) is 10.8. The molecule has 1 atom stereocenters. The Labute approximate surface area is 188 Å². The zero-order valence-electron chi connectivity index (χ0n) is 18.5. The number of hydrogen-bond acceptors (Lipinski definition) is 4. The lowest BCUT2D eigenvalue weighted by atomic mass is 9.98. The number of carbonyl (C=O) groups excluding carboxylic acids is 2. The predicted octanol–water partition coefficient (Wildman–Crippen LogP) is 4.02. The number of fused-ring (bicyclic) bond motifs is 3. The molecule has 7 heteroatoms. The molecule has 1 unspecified atom stereocenters. The molecule has 2 aromatic carbocycles. The summed E-state index contributed by atoms with van der Waals surface area (Å²) in [5, 5.41) is 11.9. The second-order valence-electron chi connectivity index (χ2n) is 7.98. The Morgan fingerprint density at radius 3 is 2.19 bits per heavy atom. The number of ether oxygens (including phenoxy) is 1. The fraction of sp³-hybridized carbons (Fsp3) is 0.400. The van der Waals surface area contributed by atoms with Crippen molar-refractivity contribution in [3.05, 3.63) is 59.7 Å². The number of unbranched alkanes of at least 4 members (excludes halogenated alkanes) is 1. The first-order chi connectivity index (χ1) is 15.4. The lowest BCUT2D eigenvalue weighted by Crippen LogP contribution is -2.41. The number of nitrogens with one attached hydrogen (secondary N) is 1. The van der Waals surface area contributed by atoms with Gasteiger partial charge in [0, 0.05) is 25.9 Å². The first kappa shape index (κ1) is 23.3. The van der Waals surface area contributed by atoms with Crippen LogP contribution in [0.3, 0.4) is 0 Å². The SMILES string of the molecule is CCC(C(=O)O)N(C)C(=O)CCCCNC(=O)OCC1c2ccccc2-c2ccccc21. The zero-order chi connectivity index (χ0) is 23.1. The van der Waals surface area contributed by atoms with Gasteiger partial charge in [0.25, 0.3) is 0 Å². The van der Waals surface area contributed by atoms with E-state index in [4.69, 9.17) is 9.84 Å². The lowest BCUT2D eigenvalue weighted by molar-refractivity contribution is -0.149. The van der Waals surface area contributed by atoms with Crippen LogP contribution >= 0.6 is 0 Å². The van der Waals surface area contributed by atoms with E-state index in [2.05, 4.69) is 29.6 Å². The van der Waals surface area contributed by atoms with Crippen LogP contribution in [0, 0.1) is 0 Å². The maximum atomic E-state index is 12.2. The number of aliphatic carboxylic acids is 1. The van der Waals surface area contributed by atoms with Crippen LogP contribution in [0.2, 0.25) is 0 Å². The van der Waals surface area contributed by atoms with Crippen molar-refractivity contribution in [3.8, 4) is 11.1 Å². The Bertz CT molecular complexity index is 929. The summed E-state index contributed by atoms with van der Waals surface area (Å²) >= 11 is 0. The Balaban J connectivity index is 1.40. The lowest BCUT2D eigenvalue weighted by Gasteiger charge is -2.23. The summed E-state index contributed by atoms with van der Waals surface area (Å²) in [7, 11) is 1.51. The maximum Gasteiger partial charge on any atom is 0.407 e. The van der Waals surface area contributed by atoms with Gasteiger partial charge in [0.15, 0.2) is 0 Å².